The van der Waals surface area contributed by atoms with Crippen LogP contribution in [0, 0.1) is 11.3 Å². The highest BCUT2D eigenvalue weighted by atomic mass is 32.1. The van der Waals surface area contributed by atoms with Crippen LogP contribution in [0.25, 0.3) is 0 Å². The van der Waals surface area contributed by atoms with E-state index in [0.717, 1.165) is 29.7 Å². The predicted octanol–water partition coefficient (Wildman–Crippen LogP) is 4.96. The van der Waals surface area contributed by atoms with Crippen molar-refractivity contribution in [3.8, 4) is 11.5 Å². The van der Waals surface area contributed by atoms with Crippen molar-refractivity contribution in [2.24, 2.45) is 11.3 Å². The van der Waals surface area contributed by atoms with Crippen LogP contribution in [-0.4, -0.2) is 33.2 Å². The lowest BCUT2D eigenvalue weighted by molar-refractivity contribution is 0.0600. The first-order chi connectivity index (χ1) is 14.2. The zero-order valence-corrected chi connectivity index (χ0v) is 19.2. The molecule has 0 spiro atoms. The number of methoxy groups -OCH3 is 3. The summed E-state index contributed by atoms with van der Waals surface area (Å²) in [4.78, 5) is 26.7. The zero-order valence-electron chi connectivity index (χ0n) is 18.4. The van der Waals surface area contributed by atoms with Crippen molar-refractivity contribution >= 4 is 28.2 Å². The molecule has 0 bridgehead atoms. The first-order valence-electron chi connectivity index (χ1n) is 9.95. The molecule has 1 amide bonds. The van der Waals surface area contributed by atoms with Gasteiger partial charge in [0.2, 0.25) is 0 Å². The summed E-state index contributed by atoms with van der Waals surface area (Å²) in [5, 5.41) is 3.45. The molecule has 1 atom stereocenters. The average molecular weight is 432 g/mol. The summed E-state index contributed by atoms with van der Waals surface area (Å²) in [6, 6.07) is 5.00. The molecule has 1 aromatic heterocycles. The van der Waals surface area contributed by atoms with Gasteiger partial charge in [0.25, 0.3) is 5.91 Å². The second kappa shape index (κ2) is 8.68. The molecule has 1 aromatic carbocycles. The van der Waals surface area contributed by atoms with Gasteiger partial charge in [-0.3, -0.25) is 4.79 Å². The van der Waals surface area contributed by atoms with Crippen LogP contribution in [0.2, 0.25) is 0 Å². The molecular formula is C23H29NO5S. The van der Waals surface area contributed by atoms with Crippen LogP contribution in [0.1, 0.15) is 58.3 Å². The zero-order chi connectivity index (χ0) is 22.1. The number of thiophene rings is 1. The van der Waals surface area contributed by atoms with Gasteiger partial charge in [0.15, 0.2) is 0 Å². The van der Waals surface area contributed by atoms with E-state index in [0.29, 0.717) is 33.5 Å². The lowest BCUT2D eigenvalue weighted by atomic mass is 9.72. The lowest BCUT2D eigenvalue weighted by Gasteiger charge is -2.33. The molecule has 1 aliphatic rings. The molecule has 162 valence electrons. The Hall–Kier alpha value is -2.54. The number of carbonyl (C=O) groups is 2. The van der Waals surface area contributed by atoms with Crippen LogP contribution < -0.4 is 14.8 Å². The molecule has 1 unspecified atom stereocenters. The maximum absolute atomic E-state index is 13.0. The number of fused-ring (bicyclic) bond motifs is 1. The predicted molar refractivity (Wildman–Crippen MR) is 118 cm³/mol. The first kappa shape index (κ1) is 22.2. The molecule has 1 N–H and O–H groups in total. The molecule has 0 saturated carbocycles. The molecule has 0 radical (unpaired) electrons. The quantitative estimate of drug-likeness (QED) is 0.678. The van der Waals surface area contributed by atoms with E-state index in [4.69, 9.17) is 14.2 Å². The number of esters is 1. The summed E-state index contributed by atoms with van der Waals surface area (Å²) in [6.45, 7) is 6.74. The summed E-state index contributed by atoms with van der Waals surface area (Å²) in [7, 11) is 4.42. The lowest BCUT2D eigenvalue weighted by Crippen LogP contribution is -2.26. The molecule has 3 rings (SSSR count). The molecule has 30 heavy (non-hydrogen) atoms. The van der Waals surface area contributed by atoms with Gasteiger partial charge in [0.1, 0.15) is 16.5 Å². The van der Waals surface area contributed by atoms with Gasteiger partial charge in [0, 0.05) is 10.9 Å². The van der Waals surface area contributed by atoms with Gasteiger partial charge in [-0.2, -0.15) is 0 Å². The first-order valence-corrected chi connectivity index (χ1v) is 10.8. The smallest absolute Gasteiger partial charge is 0.341 e. The van der Waals surface area contributed by atoms with Crippen molar-refractivity contribution in [3.63, 3.8) is 0 Å². The second-order valence-corrected chi connectivity index (χ2v) is 9.63. The third-order valence-electron chi connectivity index (χ3n) is 5.76. The minimum Gasteiger partial charge on any atom is -0.497 e. The maximum atomic E-state index is 13.0. The Kier molecular flexibility index (Phi) is 6.41. The van der Waals surface area contributed by atoms with Crippen molar-refractivity contribution in [1.29, 1.82) is 0 Å². The van der Waals surface area contributed by atoms with E-state index in [9.17, 15) is 9.59 Å². The number of rotatable bonds is 5. The van der Waals surface area contributed by atoms with Crippen molar-refractivity contribution in [2.75, 3.05) is 26.6 Å². The van der Waals surface area contributed by atoms with E-state index >= 15 is 0 Å². The molecule has 7 heteroatoms. The number of carbonyl (C=O) groups excluding carboxylic acids is 2. The van der Waals surface area contributed by atoms with Crippen molar-refractivity contribution in [2.45, 2.75) is 40.0 Å². The highest BCUT2D eigenvalue weighted by Crippen LogP contribution is 2.44. The normalized spacial score (nSPS) is 15.9. The fourth-order valence-electron chi connectivity index (χ4n) is 3.89. The average Bonchev–Trinajstić information content (AvgIpc) is 3.08. The van der Waals surface area contributed by atoms with Crippen LogP contribution in [0.15, 0.2) is 18.2 Å². The Morgan fingerprint density at radius 1 is 1.13 bits per heavy atom. The van der Waals surface area contributed by atoms with Crippen LogP contribution in [0.3, 0.4) is 0 Å². The van der Waals surface area contributed by atoms with E-state index in [1.165, 1.54) is 25.6 Å². The summed E-state index contributed by atoms with van der Waals surface area (Å²) in [6.07, 6.45) is 2.71. The molecule has 6 nitrogen and oxygen atoms in total. The Morgan fingerprint density at radius 2 is 1.87 bits per heavy atom. The van der Waals surface area contributed by atoms with E-state index in [-0.39, 0.29) is 11.3 Å². The Balaban J connectivity index is 1.96. The number of anilines is 1. The SMILES string of the molecule is COC(=O)c1c(NC(=O)c2ccc(OC)cc2OC)sc2c1CCC(C(C)(C)C)C2. The van der Waals surface area contributed by atoms with E-state index in [1.54, 1.807) is 25.3 Å². The highest BCUT2D eigenvalue weighted by Gasteiger charge is 2.34. The van der Waals surface area contributed by atoms with Gasteiger partial charge in [-0.1, -0.05) is 20.8 Å². The van der Waals surface area contributed by atoms with Crippen molar-refractivity contribution < 1.29 is 23.8 Å². The summed E-state index contributed by atoms with van der Waals surface area (Å²) in [5.74, 6) is 0.766. The number of ether oxygens (including phenoxy) is 3. The van der Waals surface area contributed by atoms with Gasteiger partial charge in [-0.25, -0.2) is 4.79 Å². The minimum absolute atomic E-state index is 0.187. The largest absolute Gasteiger partial charge is 0.497 e. The van der Waals surface area contributed by atoms with E-state index in [1.807, 2.05) is 0 Å². The monoisotopic (exact) mass is 431 g/mol. The fourth-order valence-corrected chi connectivity index (χ4v) is 5.20. The van der Waals surface area contributed by atoms with Gasteiger partial charge < -0.3 is 19.5 Å². The number of nitrogens with one attached hydrogen (secondary N) is 1. The van der Waals surface area contributed by atoms with Crippen LogP contribution in [0.4, 0.5) is 5.00 Å². The number of amides is 1. The number of hydrogen-bond donors (Lipinski definition) is 1. The van der Waals surface area contributed by atoms with Gasteiger partial charge >= 0.3 is 5.97 Å². The third-order valence-corrected chi connectivity index (χ3v) is 6.93. The molecular weight excluding hydrogens is 402 g/mol. The fraction of sp³-hybridized carbons (Fsp3) is 0.478. The second-order valence-electron chi connectivity index (χ2n) is 8.53. The molecule has 1 heterocycles. The van der Waals surface area contributed by atoms with E-state index in [2.05, 4.69) is 26.1 Å². The third kappa shape index (κ3) is 4.31. The van der Waals surface area contributed by atoms with Crippen molar-refractivity contribution in [3.05, 3.63) is 39.8 Å². The summed E-state index contributed by atoms with van der Waals surface area (Å²) >= 11 is 1.47. The van der Waals surface area contributed by atoms with Crippen LogP contribution >= 0.6 is 11.3 Å². The molecule has 2 aromatic rings. The van der Waals surface area contributed by atoms with Crippen molar-refractivity contribution in [1.82, 2.24) is 0 Å². The maximum Gasteiger partial charge on any atom is 0.341 e. The van der Waals surface area contributed by atoms with E-state index < -0.39 is 5.97 Å². The number of hydrogen-bond acceptors (Lipinski definition) is 6. The Bertz CT molecular complexity index is 957. The topological polar surface area (TPSA) is 73.9 Å². The molecule has 0 fully saturated rings. The molecule has 1 aliphatic carbocycles. The van der Waals surface area contributed by atoms with Gasteiger partial charge in [-0.15, -0.1) is 11.3 Å². The Labute approximate surface area is 181 Å². The molecule has 0 aliphatic heterocycles. The van der Waals surface area contributed by atoms with Gasteiger partial charge in [0.05, 0.1) is 32.5 Å². The highest BCUT2D eigenvalue weighted by molar-refractivity contribution is 7.17. The molecule has 0 saturated heterocycles. The van der Waals surface area contributed by atoms with Gasteiger partial charge in [-0.05, 0) is 48.3 Å². The summed E-state index contributed by atoms with van der Waals surface area (Å²) < 4.78 is 15.6. The Morgan fingerprint density at radius 3 is 2.47 bits per heavy atom. The van der Waals surface area contributed by atoms with Crippen LogP contribution in [0.5, 0.6) is 11.5 Å². The minimum atomic E-state index is -0.418. The summed E-state index contributed by atoms with van der Waals surface area (Å²) in [5.41, 5.74) is 2.04. The van der Waals surface area contributed by atoms with Crippen LogP contribution in [-0.2, 0) is 17.6 Å². The standard InChI is InChI=1S/C23H29NO5S/c1-23(2,3)13-7-9-16-18(11-13)30-21(19(16)22(26)29-6)24-20(25)15-10-8-14(27-4)12-17(15)28-5/h8,10,12-13H,7,9,11H2,1-6H3,(H,24,25). The number of benzene rings is 1.